The van der Waals surface area contributed by atoms with E-state index in [9.17, 15) is 0 Å². The standard InChI is InChI=1S/C10H18N4O/c1-11-6-10-12-8-14(13-10)7-9-2-4-15-5-3-9/h8-9,11H,2-7H2,1H3. The molecule has 1 fully saturated rings. The van der Waals surface area contributed by atoms with Crippen LogP contribution in [0.15, 0.2) is 6.33 Å². The van der Waals surface area contributed by atoms with Crippen molar-refractivity contribution in [1.29, 1.82) is 0 Å². The predicted molar refractivity (Wildman–Crippen MR) is 56.3 cm³/mol. The molecule has 1 saturated heterocycles. The summed E-state index contributed by atoms with van der Waals surface area (Å²) in [6, 6.07) is 0. The van der Waals surface area contributed by atoms with Crippen LogP contribution in [0.5, 0.6) is 0 Å². The molecule has 0 bridgehead atoms. The Labute approximate surface area is 89.8 Å². The maximum absolute atomic E-state index is 5.33. The first-order valence-corrected chi connectivity index (χ1v) is 5.49. The molecule has 2 rings (SSSR count). The van der Waals surface area contributed by atoms with Gasteiger partial charge in [-0.3, -0.25) is 4.68 Å². The van der Waals surface area contributed by atoms with Gasteiger partial charge in [0.2, 0.25) is 0 Å². The average molecular weight is 210 g/mol. The molecule has 0 saturated carbocycles. The second-order valence-electron chi connectivity index (χ2n) is 3.97. The monoisotopic (exact) mass is 210 g/mol. The van der Waals surface area contributed by atoms with E-state index in [1.165, 1.54) is 0 Å². The van der Waals surface area contributed by atoms with Crippen LogP contribution in [-0.4, -0.2) is 35.0 Å². The number of nitrogens with zero attached hydrogens (tertiary/aromatic N) is 3. The van der Waals surface area contributed by atoms with Gasteiger partial charge in [0, 0.05) is 19.8 Å². The molecule has 1 aliphatic heterocycles. The lowest BCUT2D eigenvalue weighted by atomic mass is 10.0. The van der Waals surface area contributed by atoms with Gasteiger partial charge >= 0.3 is 0 Å². The van der Waals surface area contributed by atoms with E-state index in [0.29, 0.717) is 5.92 Å². The lowest BCUT2D eigenvalue weighted by Crippen LogP contribution is -2.20. The second kappa shape index (κ2) is 5.23. The largest absolute Gasteiger partial charge is 0.381 e. The SMILES string of the molecule is CNCc1ncn(CC2CCOCC2)n1. The van der Waals surface area contributed by atoms with Crippen molar-refractivity contribution in [3.05, 3.63) is 12.2 Å². The van der Waals surface area contributed by atoms with E-state index in [1.807, 2.05) is 18.1 Å². The van der Waals surface area contributed by atoms with Crippen molar-refractivity contribution in [2.45, 2.75) is 25.9 Å². The van der Waals surface area contributed by atoms with Crippen molar-refractivity contribution in [2.24, 2.45) is 5.92 Å². The summed E-state index contributed by atoms with van der Waals surface area (Å²) in [4.78, 5) is 4.23. The zero-order chi connectivity index (χ0) is 10.5. The highest BCUT2D eigenvalue weighted by Crippen LogP contribution is 2.16. The van der Waals surface area contributed by atoms with Gasteiger partial charge in [-0.2, -0.15) is 5.10 Å². The smallest absolute Gasteiger partial charge is 0.164 e. The van der Waals surface area contributed by atoms with Crippen LogP contribution in [0.4, 0.5) is 0 Å². The predicted octanol–water partition coefficient (Wildman–Crippen LogP) is 0.424. The molecule has 0 aliphatic carbocycles. The summed E-state index contributed by atoms with van der Waals surface area (Å²) in [6.45, 7) is 3.49. The Morgan fingerprint density at radius 3 is 3.07 bits per heavy atom. The Kier molecular flexibility index (Phi) is 3.69. The van der Waals surface area contributed by atoms with E-state index in [2.05, 4.69) is 15.4 Å². The number of ether oxygens (including phenoxy) is 1. The molecule has 0 aromatic carbocycles. The molecule has 84 valence electrons. The summed E-state index contributed by atoms with van der Waals surface area (Å²) in [5.41, 5.74) is 0. The molecule has 0 radical (unpaired) electrons. The molecule has 15 heavy (non-hydrogen) atoms. The molecule has 5 nitrogen and oxygen atoms in total. The van der Waals surface area contributed by atoms with E-state index in [1.54, 1.807) is 0 Å². The molecule has 1 aromatic heterocycles. The number of hydrogen-bond acceptors (Lipinski definition) is 4. The van der Waals surface area contributed by atoms with Crippen LogP contribution >= 0.6 is 0 Å². The number of nitrogens with one attached hydrogen (secondary N) is 1. The summed E-state index contributed by atoms with van der Waals surface area (Å²) < 4.78 is 7.27. The molecule has 1 aromatic rings. The van der Waals surface area contributed by atoms with Crippen LogP contribution in [-0.2, 0) is 17.8 Å². The van der Waals surface area contributed by atoms with Gasteiger partial charge < -0.3 is 10.1 Å². The van der Waals surface area contributed by atoms with Crippen molar-refractivity contribution in [3.63, 3.8) is 0 Å². The van der Waals surface area contributed by atoms with E-state index in [-0.39, 0.29) is 0 Å². The van der Waals surface area contributed by atoms with Crippen LogP contribution < -0.4 is 5.32 Å². The Morgan fingerprint density at radius 1 is 1.53 bits per heavy atom. The lowest BCUT2D eigenvalue weighted by Gasteiger charge is -2.21. The van der Waals surface area contributed by atoms with Crippen LogP contribution in [0.3, 0.4) is 0 Å². The van der Waals surface area contributed by atoms with Crippen molar-refractivity contribution >= 4 is 0 Å². The zero-order valence-electron chi connectivity index (χ0n) is 9.15. The van der Waals surface area contributed by atoms with Gasteiger partial charge in [0.25, 0.3) is 0 Å². The summed E-state index contributed by atoms with van der Waals surface area (Å²) in [6.07, 6.45) is 4.10. The third-order valence-corrected chi connectivity index (χ3v) is 2.70. The molecule has 1 aliphatic rings. The van der Waals surface area contributed by atoms with E-state index < -0.39 is 0 Å². The lowest BCUT2D eigenvalue weighted by molar-refractivity contribution is 0.0601. The zero-order valence-corrected chi connectivity index (χ0v) is 9.15. The summed E-state index contributed by atoms with van der Waals surface area (Å²) >= 11 is 0. The quantitative estimate of drug-likeness (QED) is 0.782. The molecule has 0 amide bonds. The molecule has 1 N–H and O–H groups in total. The average Bonchev–Trinajstić information content (AvgIpc) is 2.68. The maximum Gasteiger partial charge on any atom is 0.164 e. The van der Waals surface area contributed by atoms with E-state index >= 15 is 0 Å². The molecule has 2 heterocycles. The van der Waals surface area contributed by atoms with Gasteiger partial charge in [0.15, 0.2) is 5.82 Å². The van der Waals surface area contributed by atoms with Gasteiger partial charge in [-0.25, -0.2) is 4.98 Å². The third-order valence-electron chi connectivity index (χ3n) is 2.70. The fraction of sp³-hybridized carbons (Fsp3) is 0.800. The Bertz CT molecular complexity index is 293. The van der Waals surface area contributed by atoms with E-state index in [4.69, 9.17) is 4.74 Å². The Hall–Kier alpha value is -0.940. The number of hydrogen-bond donors (Lipinski definition) is 1. The molecular formula is C10H18N4O. The number of aromatic nitrogens is 3. The van der Waals surface area contributed by atoms with Crippen molar-refractivity contribution in [3.8, 4) is 0 Å². The fourth-order valence-electron chi connectivity index (χ4n) is 1.85. The summed E-state index contributed by atoms with van der Waals surface area (Å²) in [5, 5.41) is 7.44. The third kappa shape index (κ3) is 3.00. The molecule has 0 unspecified atom stereocenters. The van der Waals surface area contributed by atoms with Gasteiger partial charge in [-0.15, -0.1) is 0 Å². The van der Waals surface area contributed by atoms with Gasteiger partial charge in [-0.1, -0.05) is 0 Å². The highest BCUT2D eigenvalue weighted by molar-refractivity contribution is 4.80. The summed E-state index contributed by atoms with van der Waals surface area (Å²) in [7, 11) is 1.90. The van der Waals surface area contributed by atoms with Crippen LogP contribution in [0.25, 0.3) is 0 Å². The van der Waals surface area contributed by atoms with Crippen molar-refractivity contribution < 1.29 is 4.74 Å². The fourth-order valence-corrected chi connectivity index (χ4v) is 1.85. The van der Waals surface area contributed by atoms with Gasteiger partial charge in [0.1, 0.15) is 6.33 Å². The Balaban J connectivity index is 1.86. The molecule has 0 atom stereocenters. The summed E-state index contributed by atoms with van der Waals surface area (Å²) in [5.74, 6) is 1.56. The minimum atomic E-state index is 0.697. The van der Waals surface area contributed by atoms with Gasteiger partial charge in [0.05, 0.1) is 6.54 Å². The molecule has 0 spiro atoms. The van der Waals surface area contributed by atoms with Crippen LogP contribution in [0.1, 0.15) is 18.7 Å². The maximum atomic E-state index is 5.33. The minimum Gasteiger partial charge on any atom is -0.381 e. The first-order chi connectivity index (χ1) is 7.38. The van der Waals surface area contributed by atoms with Gasteiger partial charge in [-0.05, 0) is 25.8 Å². The highest BCUT2D eigenvalue weighted by Gasteiger charge is 2.14. The Morgan fingerprint density at radius 2 is 2.33 bits per heavy atom. The van der Waals surface area contributed by atoms with E-state index in [0.717, 1.165) is 45.0 Å². The molecule has 5 heteroatoms. The number of rotatable bonds is 4. The topological polar surface area (TPSA) is 52.0 Å². The second-order valence-corrected chi connectivity index (χ2v) is 3.97. The van der Waals surface area contributed by atoms with Crippen molar-refractivity contribution in [2.75, 3.05) is 20.3 Å². The first-order valence-electron chi connectivity index (χ1n) is 5.49. The molecular weight excluding hydrogens is 192 g/mol. The van der Waals surface area contributed by atoms with Crippen molar-refractivity contribution in [1.82, 2.24) is 20.1 Å². The normalized spacial score (nSPS) is 18.2. The van der Waals surface area contributed by atoms with Crippen LogP contribution in [0.2, 0.25) is 0 Å². The van der Waals surface area contributed by atoms with Crippen LogP contribution in [0, 0.1) is 5.92 Å². The highest BCUT2D eigenvalue weighted by atomic mass is 16.5. The minimum absolute atomic E-state index is 0.697. The first kappa shape index (κ1) is 10.6.